The van der Waals surface area contributed by atoms with Crippen molar-refractivity contribution in [3.05, 3.63) is 29.8 Å². The number of ether oxygens (including phenoxy) is 1. The summed E-state index contributed by atoms with van der Waals surface area (Å²) in [6.07, 6.45) is -0.428. The van der Waals surface area contributed by atoms with Gasteiger partial charge in [-0.1, -0.05) is 12.1 Å². The normalized spacial score (nSPS) is 18.4. The van der Waals surface area contributed by atoms with E-state index < -0.39 is 6.10 Å². The van der Waals surface area contributed by atoms with E-state index in [9.17, 15) is 9.59 Å². The fraction of sp³-hybridized carbons (Fsp3) is 0.429. The molecule has 1 aliphatic rings. The molecule has 3 N–H and O–H groups in total. The first-order valence-corrected chi connectivity index (χ1v) is 6.62. The smallest absolute Gasteiger partial charge is 0.250 e. The Kier molecular flexibility index (Phi) is 5.09. The van der Waals surface area contributed by atoms with Crippen LogP contribution in [0, 0.1) is 0 Å². The van der Waals surface area contributed by atoms with Gasteiger partial charge in [-0.2, -0.15) is 0 Å². The second-order valence-corrected chi connectivity index (χ2v) is 4.66. The van der Waals surface area contributed by atoms with Gasteiger partial charge in [-0.05, 0) is 17.7 Å². The molecule has 2 rings (SSSR count). The highest BCUT2D eigenvalue weighted by molar-refractivity contribution is 5.88. The minimum absolute atomic E-state index is 0.118. The highest BCUT2D eigenvalue weighted by Gasteiger charge is 2.21. The zero-order valence-electron chi connectivity index (χ0n) is 11.4. The number of rotatable bonds is 4. The predicted molar refractivity (Wildman–Crippen MR) is 75.2 cm³/mol. The minimum atomic E-state index is -0.428. The summed E-state index contributed by atoms with van der Waals surface area (Å²) in [7, 11) is 0. The van der Waals surface area contributed by atoms with Crippen LogP contribution in [0.25, 0.3) is 0 Å². The van der Waals surface area contributed by atoms with Gasteiger partial charge in [-0.3, -0.25) is 9.59 Å². The molecular weight excluding hydrogens is 258 g/mol. The molecule has 0 spiro atoms. The molecule has 20 heavy (non-hydrogen) atoms. The lowest BCUT2D eigenvalue weighted by atomic mass is 10.2. The van der Waals surface area contributed by atoms with Crippen LogP contribution >= 0.6 is 0 Å². The number of nitrogens with one attached hydrogen (secondary N) is 3. The molecule has 0 aromatic heterocycles. The van der Waals surface area contributed by atoms with Crippen LogP contribution in [0.2, 0.25) is 0 Å². The van der Waals surface area contributed by atoms with E-state index in [0.29, 0.717) is 19.7 Å². The lowest BCUT2D eigenvalue weighted by Gasteiger charge is -2.22. The van der Waals surface area contributed by atoms with E-state index in [1.165, 1.54) is 6.92 Å². The van der Waals surface area contributed by atoms with Gasteiger partial charge in [0, 0.05) is 32.2 Å². The van der Waals surface area contributed by atoms with Crippen molar-refractivity contribution >= 4 is 17.5 Å². The minimum Gasteiger partial charge on any atom is -0.366 e. The van der Waals surface area contributed by atoms with Crippen molar-refractivity contribution in [3.8, 4) is 0 Å². The Labute approximate surface area is 117 Å². The van der Waals surface area contributed by atoms with E-state index in [4.69, 9.17) is 4.74 Å². The number of carbonyl (C=O) groups excluding carboxylic acids is 2. The first-order chi connectivity index (χ1) is 9.65. The standard InChI is InChI=1S/C14H19N3O3/c1-10(18)17-12-4-2-3-11(7-12)8-16-14(19)13-9-15-5-6-20-13/h2-4,7,13,15H,5-6,8-9H2,1H3,(H,16,19)(H,17,18). The zero-order chi connectivity index (χ0) is 14.4. The summed E-state index contributed by atoms with van der Waals surface area (Å²) in [5.74, 6) is -0.241. The molecule has 1 aliphatic heterocycles. The maximum absolute atomic E-state index is 11.9. The molecule has 0 saturated carbocycles. The molecule has 2 amide bonds. The Morgan fingerprint density at radius 2 is 2.30 bits per heavy atom. The second-order valence-electron chi connectivity index (χ2n) is 4.66. The highest BCUT2D eigenvalue weighted by atomic mass is 16.5. The van der Waals surface area contributed by atoms with Gasteiger partial charge in [0.2, 0.25) is 5.91 Å². The summed E-state index contributed by atoms with van der Waals surface area (Å²) < 4.78 is 5.37. The summed E-state index contributed by atoms with van der Waals surface area (Å²) in [4.78, 5) is 22.9. The molecule has 1 atom stereocenters. The van der Waals surface area contributed by atoms with Gasteiger partial charge >= 0.3 is 0 Å². The van der Waals surface area contributed by atoms with E-state index in [-0.39, 0.29) is 11.8 Å². The fourth-order valence-corrected chi connectivity index (χ4v) is 2.00. The van der Waals surface area contributed by atoms with Crippen LogP contribution < -0.4 is 16.0 Å². The predicted octanol–water partition coefficient (Wildman–Crippen LogP) is 0.250. The first-order valence-electron chi connectivity index (χ1n) is 6.62. The van der Waals surface area contributed by atoms with E-state index >= 15 is 0 Å². The van der Waals surface area contributed by atoms with E-state index in [1.54, 1.807) is 6.07 Å². The van der Waals surface area contributed by atoms with E-state index in [2.05, 4.69) is 16.0 Å². The monoisotopic (exact) mass is 277 g/mol. The van der Waals surface area contributed by atoms with Crippen LogP contribution in [0.4, 0.5) is 5.69 Å². The Balaban J connectivity index is 1.86. The van der Waals surface area contributed by atoms with E-state index in [1.807, 2.05) is 18.2 Å². The number of anilines is 1. The molecule has 1 fully saturated rings. The van der Waals surface area contributed by atoms with Gasteiger partial charge in [0.15, 0.2) is 0 Å². The van der Waals surface area contributed by atoms with Crippen LogP contribution in [-0.2, 0) is 20.9 Å². The maximum Gasteiger partial charge on any atom is 0.250 e. The second kappa shape index (κ2) is 7.02. The largest absolute Gasteiger partial charge is 0.366 e. The van der Waals surface area contributed by atoms with Gasteiger partial charge in [0.05, 0.1) is 6.61 Å². The van der Waals surface area contributed by atoms with Crippen LogP contribution in [0.15, 0.2) is 24.3 Å². The summed E-state index contributed by atoms with van der Waals surface area (Å²) in [6, 6.07) is 7.37. The number of carbonyl (C=O) groups is 2. The molecular formula is C14H19N3O3. The van der Waals surface area contributed by atoms with Crippen LogP contribution in [0.1, 0.15) is 12.5 Å². The molecule has 6 heteroatoms. The van der Waals surface area contributed by atoms with Crippen molar-refractivity contribution < 1.29 is 14.3 Å². The zero-order valence-corrected chi connectivity index (χ0v) is 11.4. The molecule has 1 unspecified atom stereocenters. The quantitative estimate of drug-likeness (QED) is 0.737. The Morgan fingerprint density at radius 3 is 3.00 bits per heavy atom. The molecule has 1 saturated heterocycles. The first kappa shape index (κ1) is 14.5. The third-order valence-corrected chi connectivity index (χ3v) is 2.93. The Bertz CT molecular complexity index is 484. The maximum atomic E-state index is 11.9. The van der Waals surface area contributed by atoms with Crippen molar-refractivity contribution in [2.75, 3.05) is 25.0 Å². The van der Waals surface area contributed by atoms with Gasteiger partial charge in [0.1, 0.15) is 6.10 Å². The summed E-state index contributed by atoms with van der Waals surface area (Å²) in [5, 5.41) is 8.65. The number of hydrogen-bond acceptors (Lipinski definition) is 4. The van der Waals surface area contributed by atoms with Crippen LogP contribution in [0.5, 0.6) is 0 Å². The van der Waals surface area contributed by atoms with Gasteiger partial charge in [-0.25, -0.2) is 0 Å². The SMILES string of the molecule is CC(=O)Nc1cccc(CNC(=O)C2CNCCO2)c1. The average molecular weight is 277 g/mol. The summed E-state index contributed by atoms with van der Waals surface area (Å²) >= 11 is 0. The topological polar surface area (TPSA) is 79.5 Å². The molecule has 108 valence electrons. The van der Waals surface area contributed by atoms with Gasteiger partial charge in [0.25, 0.3) is 5.91 Å². The molecule has 0 aliphatic carbocycles. The molecule has 0 bridgehead atoms. The summed E-state index contributed by atoms with van der Waals surface area (Å²) in [6.45, 7) is 3.74. The third-order valence-electron chi connectivity index (χ3n) is 2.93. The highest BCUT2D eigenvalue weighted by Crippen LogP contribution is 2.10. The number of hydrogen-bond donors (Lipinski definition) is 3. The lowest BCUT2D eigenvalue weighted by Crippen LogP contribution is -2.47. The van der Waals surface area contributed by atoms with Crippen LogP contribution in [-0.4, -0.2) is 37.6 Å². The van der Waals surface area contributed by atoms with E-state index in [0.717, 1.165) is 17.8 Å². The van der Waals surface area contributed by atoms with Gasteiger partial charge in [-0.15, -0.1) is 0 Å². The van der Waals surface area contributed by atoms with Crippen LogP contribution in [0.3, 0.4) is 0 Å². The fourth-order valence-electron chi connectivity index (χ4n) is 2.00. The van der Waals surface area contributed by atoms with Gasteiger partial charge < -0.3 is 20.7 Å². The molecule has 1 aromatic carbocycles. The molecule has 6 nitrogen and oxygen atoms in total. The lowest BCUT2D eigenvalue weighted by molar-refractivity contribution is -0.134. The average Bonchev–Trinajstić information content (AvgIpc) is 2.45. The number of amides is 2. The third kappa shape index (κ3) is 4.32. The molecule has 1 aromatic rings. The van der Waals surface area contributed by atoms with Crippen molar-refractivity contribution in [1.82, 2.24) is 10.6 Å². The Morgan fingerprint density at radius 1 is 1.45 bits per heavy atom. The summed E-state index contributed by atoms with van der Waals surface area (Å²) in [5.41, 5.74) is 1.65. The van der Waals surface area contributed by atoms with Crippen molar-refractivity contribution in [2.24, 2.45) is 0 Å². The van der Waals surface area contributed by atoms with Crippen molar-refractivity contribution in [2.45, 2.75) is 19.6 Å². The molecule has 1 heterocycles. The number of morpholine rings is 1. The number of benzene rings is 1. The molecule has 0 radical (unpaired) electrons. The van der Waals surface area contributed by atoms with Crippen molar-refractivity contribution in [3.63, 3.8) is 0 Å². The Hall–Kier alpha value is -1.92. The van der Waals surface area contributed by atoms with Crippen molar-refractivity contribution in [1.29, 1.82) is 0 Å².